The quantitative estimate of drug-likeness (QED) is 0.331. The molecule has 7 nitrogen and oxygen atoms in total. The van der Waals surface area contributed by atoms with Crippen LogP contribution in [0.1, 0.15) is 13.8 Å². The number of esters is 2. The van der Waals surface area contributed by atoms with E-state index < -0.39 is 40.0 Å². The van der Waals surface area contributed by atoms with Crippen LogP contribution < -0.4 is 0 Å². The van der Waals surface area contributed by atoms with Crippen LogP contribution >= 0.6 is 0 Å². The number of ether oxygens (including phenoxy) is 2. The molecule has 0 aromatic rings. The molecule has 1 atom stereocenters. The van der Waals surface area contributed by atoms with E-state index in [1.807, 2.05) is 0 Å². The Hall–Kier alpha value is -1.55. The minimum absolute atomic E-state index is 0.00270. The second kappa shape index (κ2) is 6.06. The third-order valence-electron chi connectivity index (χ3n) is 1.75. The van der Waals surface area contributed by atoms with Crippen molar-refractivity contribution in [3.8, 4) is 0 Å². The molecule has 0 aliphatic heterocycles. The van der Waals surface area contributed by atoms with Crippen LogP contribution in [0.2, 0.25) is 0 Å². The van der Waals surface area contributed by atoms with Crippen LogP contribution in [0, 0.1) is 0 Å². The van der Waals surface area contributed by atoms with Crippen molar-refractivity contribution in [3.05, 3.63) is 12.2 Å². The van der Waals surface area contributed by atoms with Gasteiger partial charge in [-0.3, -0.25) is 4.55 Å². The van der Waals surface area contributed by atoms with Crippen LogP contribution in [0.25, 0.3) is 0 Å². The van der Waals surface area contributed by atoms with Gasteiger partial charge in [0, 0.05) is 5.57 Å². The molecule has 0 bridgehead atoms. The molecule has 0 heterocycles. The summed E-state index contributed by atoms with van der Waals surface area (Å²) in [5.41, 5.74) is 0.00270. The van der Waals surface area contributed by atoms with Crippen LogP contribution in [0.5, 0.6) is 0 Å². The molecule has 0 rings (SSSR count). The fourth-order valence-electron chi connectivity index (χ4n) is 0.661. The number of halogens is 2. The summed E-state index contributed by atoms with van der Waals surface area (Å²) in [4.78, 5) is 20.2. The lowest BCUT2D eigenvalue weighted by molar-refractivity contribution is -0.141. The Morgan fingerprint density at radius 2 is 2.00 bits per heavy atom. The molecule has 10 heteroatoms. The van der Waals surface area contributed by atoms with Crippen molar-refractivity contribution >= 4 is 22.1 Å². The average Bonchev–Trinajstić information content (AvgIpc) is 2.23. The summed E-state index contributed by atoms with van der Waals surface area (Å²) >= 11 is 0. The second-order valence-electron chi connectivity index (χ2n) is 3.57. The number of hydrogen-bond acceptors (Lipinski definition) is 5. The fraction of sp³-hybridized carbons (Fsp3) is 0.556. The monoisotopic (exact) mass is 303 g/mol. The first-order valence-electron chi connectivity index (χ1n) is 4.78. The fourth-order valence-corrected chi connectivity index (χ4v) is 0.869. The van der Waals surface area contributed by atoms with E-state index in [9.17, 15) is 22.0 Å². The van der Waals surface area contributed by atoms with Crippen LogP contribution in [-0.2, 0) is 24.4 Å². The molecule has 0 saturated heterocycles. The molecule has 0 radical (unpaired) electrons. The molecule has 110 valence electrons. The zero-order chi connectivity index (χ0) is 15.4. The van der Waals surface area contributed by atoms with Crippen LogP contribution in [0.3, 0.4) is 0 Å². The van der Waals surface area contributed by atoms with E-state index in [1.54, 1.807) is 0 Å². The van der Waals surface area contributed by atoms with E-state index in [2.05, 4.69) is 16.1 Å². The molecule has 19 heavy (non-hydrogen) atoms. The smallest absolute Gasteiger partial charge is 0.441 e. The van der Waals surface area contributed by atoms with E-state index in [1.165, 1.54) is 6.92 Å². The normalized spacial score (nSPS) is 13.5. The van der Waals surface area contributed by atoms with Crippen molar-refractivity contribution in [2.45, 2.75) is 25.2 Å². The van der Waals surface area contributed by atoms with Gasteiger partial charge in [-0.05, 0) is 13.8 Å². The highest BCUT2D eigenvalue weighted by molar-refractivity contribution is 7.86. The Bertz CT molecular complexity index is 483. The van der Waals surface area contributed by atoms with Gasteiger partial charge in [-0.1, -0.05) is 6.58 Å². The number of alkyl halides is 2. The maximum absolute atomic E-state index is 12.7. The minimum atomic E-state index is -5.66. The molecule has 1 unspecified atom stereocenters. The standard InChI is InChI=1S/C9H12F2O7S/c1-5(2)7(12)18-6(3)8(13)17-4-9(10,11)19(14,15)16/h6H,1,4H2,2-3H3,(H,14,15,16)/p+1. The Kier molecular flexibility index (Phi) is 5.57. The van der Waals surface area contributed by atoms with Gasteiger partial charge in [0.15, 0.2) is 0 Å². The molecule has 0 aromatic heterocycles. The molecule has 0 aliphatic rings. The van der Waals surface area contributed by atoms with Crippen molar-refractivity contribution in [1.82, 2.24) is 0 Å². The summed E-state index contributed by atoms with van der Waals surface area (Å²) in [6, 6.07) is 0. The van der Waals surface area contributed by atoms with E-state index in [4.69, 9.17) is 9.35 Å². The lowest BCUT2D eigenvalue weighted by Gasteiger charge is -2.10. The zero-order valence-electron chi connectivity index (χ0n) is 10.1. The van der Waals surface area contributed by atoms with Gasteiger partial charge >= 0.3 is 27.3 Å². The van der Waals surface area contributed by atoms with Crippen molar-refractivity contribution in [3.63, 3.8) is 0 Å². The lowest BCUT2D eigenvalue weighted by atomic mass is 10.3. The van der Waals surface area contributed by atoms with Crippen LogP contribution in [-0.4, -0.2) is 47.7 Å². The van der Waals surface area contributed by atoms with E-state index in [0.717, 1.165) is 6.92 Å². The Labute approximate surface area is 107 Å². The van der Waals surface area contributed by atoms with Gasteiger partial charge < -0.3 is 14.3 Å². The first kappa shape index (κ1) is 17.4. The SMILES string of the molecule is C=C(C)C(=O)OC(C)C(=[OH+])OCC(F)(F)S(=O)(=O)O. The zero-order valence-corrected chi connectivity index (χ0v) is 10.9. The van der Waals surface area contributed by atoms with E-state index >= 15 is 0 Å². The summed E-state index contributed by atoms with van der Waals surface area (Å²) in [5.74, 6) is -2.04. The predicted molar refractivity (Wildman–Crippen MR) is 59.8 cm³/mol. The van der Waals surface area contributed by atoms with Gasteiger partial charge in [0.2, 0.25) is 0 Å². The van der Waals surface area contributed by atoms with Crippen molar-refractivity contribution in [2.75, 3.05) is 6.61 Å². The van der Waals surface area contributed by atoms with E-state index in [0.29, 0.717) is 0 Å². The highest BCUT2D eigenvalue weighted by atomic mass is 32.2. The Balaban J connectivity index is 4.49. The summed E-state index contributed by atoms with van der Waals surface area (Å²) in [5, 5.41) is -4.60. The maximum atomic E-state index is 12.7. The summed E-state index contributed by atoms with van der Waals surface area (Å²) < 4.78 is 62.7. The molecule has 0 saturated carbocycles. The molecular formula is C9H13F2O7S+. The predicted octanol–water partition coefficient (Wildman–Crippen LogP) is 0.494. The van der Waals surface area contributed by atoms with Crippen LogP contribution in [0.4, 0.5) is 8.78 Å². The van der Waals surface area contributed by atoms with E-state index in [-0.39, 0.29) is 5.57 Å². The van der Waals surface area contributed by atoms with Gasteiger partial charge in [0.25, 0.3) is 12.7 Å². The topological polar surface area (TPSA) is 111 Å². The van der Waals surface area contributed by atoms with Crippen molar-refractivity contribution in [1.29, 1.82) is 0 Å². The third kappa shape index (κ3) is 5.30. The average molecular weight is 303 g/mol. The van der Waals surface area contributed by atoms with Gasteiger partial charge in [0.1, 0.15) is 0 Å². The first-order valence-corrected chi connectivity index (χ1v) is 6.22. The number of carbonyl (C=O) groups excluding carboxylic acids is 2. The van der Waals surface area contributed by atoms with Crippen molar-refractivity contribution < 1.29 is 40.8 Å². The van der Waals surface area contributed by atoms with Gasteiger partial charge in [0.05, 0.1) is 0 Å². The number of rotatable bonds is 6. The third-order valence-corrected chi connectivity index (χ3v) is 2.62. The minimum Gasteiger partial charge on any atom is -0.441 e. The highest BCUT2D eigenvalue weighted by Gasteiger charge is 2.49. The van der Waals surface area contributed by atoms with Crippen LogP contribution in [0.15, 0.2) is 12.2 Å². The van der Waals surface area contributed by atoms with Gasteiger partial charge in [-0.2, -0.15) is 17.2 Å². The Morgan fingerprint density at radius 1 is 1.53 bits per heavy atom. The molecule has 0 aliphatic carbocycles. The molecule has 0 amide bonds. The lowest BCUT2D eigenvalue weighted by Crippen LogP contribution is -2.37. The number of carbonyl (C=O) groups is 1. The molecule has 0 fully saturated rings. The van der Waals surface area contributed by atoms with Gasteiger partial charge in [-0.25, -0.2) is 4.79 Å². The summed E-state index contributed by atoms with van der Waals surface area (Å²) in [7, 11) is -5.66. The molecule has 2 N–H and O–H groups in total. The maximum Gasteiger partial charge on any atom is 0.525 e. The summed E-state index contributed by atoms with van der Waals surface area (Å²) in [6.07, 6.45) is -1.42. The molecule has 0 spiro atoms. The van der Waals surface area contributed by atoms with Crippen molar-refractivity contribution in [2.24, 2.45) is 0 Å². The summed E-state index contributed by atoms with van der Waals surface area (Å²) in [6.45, 7) is 3.84. The second-order valence-corrected chi connectivity index (χ2v) is 5.11. The molecular weight excluding hydrogens is 290 g/mol. The highest BCUT2D eigenvalue weighted by Crippen LogP contribution is 2.20. The van der Waals surface area contributed by atoms with Gasteiger partial charge in [-0.15, -0.1) is 0 Å². The Morgan fingerprint density at radius 3 is 2.37 bits per heavy atom. The largest absolute Gasteiger partial charge is 0.525 e. The first-order chi connectivity index (χ1) is 8.38. The number of hydrogen-bond donors (Lipinski definition) is 1. The molecule has 0 aromatic carbocycles.